The Morgan fingerprint density at radius 1 is 0.292 bits per heavy atom. The molecule has 0 unspecified atom stereocenters. The van der Waals surface area contributed by atoms with Gasteiger partial charge in [0, 0.05) is 27.7 Å². The van der Waals surface area contributed by atoms with Gasteiger partial charge < -0.3 is 9.64 Å². The minimum Gasteiger partial charge on any atom is -0.456 e. The van der Waals surface area contributed by atoms with Crippen molar-refractivity contribution in [1.29, 1.82) is 0 Å². The van der Waals surface area contributed by atoms with Gasteiger partial charge in [-0.3, -0.25) is 0 Å². The molecule has 1 heterocycles. The third-order valence-corrected chi connectivity index (χ3v) is 9.29. The molecule has 1 aliphatic rings. The minimum atomic E-state index is 0.874. The van der Waals surface area contributed by atoms with Crippen LogP contribution in [0.3, 0.4) is 0 Å². The summed E-state index contributed by atoms with van der Waals surface area (Å²) in [4.78, 5) is 2.39. The van der Waals surface area contributed by atoms with Crippen LogP contribution >= 0.6 is 0 Å². The molecule has 8 aromatic rings. The summed E-state index contributed by atoms with van der Waals surface area (Å²) in [5, 5.41) is 2.28. The van der Waals surface area contributed by atoms with Crippen molar-refractivity contribution in [3.8, 4) is 56.0 Å². The van der Waals surface area contributed by atoms with Gasteiger partial charge in [0.15, 0.2) is 0 Å². The van der Waals surface area contributed by atoms with Crippen molar-refractivity contribution in [1.82, 2.24) is 0 Å². The fourth-order valence-electron chi connectivity index (χ4n) is 6.99. The highest BCUT2D eigenvalue weighted by molar-refractivity contribution is 6.16. The third kappa shape index (κ3) is 4.83. The first-order chi connectivity index (χ1) is 23.8. The summed E-state index contributed by atoms with van der Waals surface area (Å²) in [5.74, 6) is 1.76. The van der Waals surface area contributed by atoms with Gasteiger partial charge in [0.2, 0.25) is 0 Å². The quantitative estimate of drug-likeness (QED) is 0.185. The van der Waals surface area contributed by atoms with Gasteiger partial charge in [-0.1, -0.05) is 140 Å². The Morgan fingerprint density at radius 3 is 1.35 bits per heavy atom. The maximum absolute atomic E-state index is 6.60. The van der Waals surface area contributed by atoms with Crippen LogP contribution in [-0.2, 0) is 0 Å². The summed E-state index contributed by atoms with van der Waals surface area (Å²) in [5.41, 5.74) is 12.7. The van der Waals surface area contributed by atoms with Crippen LogP contribution in [0.25, 0.3) is 55.3 Å². The fraction of sp³-hybridized carbons (Fsp3) is 0. The lowest BCUT2D eigenvalue weighted by Gasteiger charge is -2.30. The number of benzene rings is 8. The molecule has 226 valence electrons. The van der Waals surface area contributed by atoms with E-state index < -0.39 is 0 Å². The van der Waals surface area contributed by atoms with E-state index in [-0.39, 0.29) is 0 Å². The van der Waals surface area contributed by atoms with E-state index in [1.807, 2.05) is 6.07 Å². The lowest BCUT2D eigenvalue weighted by Crippen LogP contribution is -2.11. The SMILES string of the molecule is c1ccc(-c2ccc(N(c3ccc(-c4ccccc4)cc3)c3ccc4c5c(ccc(-c6ccccc6)c35)Oc3ccccc3-4)cc2)cc1. The molecule has 8 aromatic carbocycles. The predicted molar refractivity (Wildman–Crippen MR) is 200 cm³/mol. The van der Waals surface area contributed by atoms with Gasteiger partial charge in [0.1, 0.15) is 11.5 Å². The van der Waals surface area contributed by atoms with Crippen molar-refractivity contribution in [3.63, 3.8) is 0 Å². The zero-order valence-electron chi connectivity index (χ0n) is 26.3. The first-order valence-corrected chi connectivity index (χ1v) is 16.4. The van der Waals surface area contributed by atoms with Crippen LogP contribution in [0.1, 0.15) is 0 Å². The van der Waals surface area contributed by atoms with Crippen LogP contribution in [0, 0.1) is 0 Å². The number of nitrogens with zero attached hydrogens (tertiary/aromatic N) is 1. The molecule has 0 saturated carbocycles. The molecule has 0 spiro atoms. The molecule has 0 saturated heterocycles. The minimum absolute atomic E-state index is 0.874. The molecule has 0 amide bonds. The lowest BCUT2D eigenvalue weighted by atomic mass is 9.89. The molecule has 0 atom stereocenters. The summed E-state index contributed by atoms with van der Waals surface area (Å²) in [6.45, 7) is 0. The third-order valence-electron chi connectivity index (χ3n) is 9.29. The highest BCUT2D eigenvalue weighted by atomic mass is 16.5. The Balaban J connectivity index is 1.30. The monoisotopic (exact) mass is 613 g/mol. The first-order valence-electron chi connectivity index (χ1n) is 16.4. The Kier molecular flexibility index (Phi) is 6.84. The molecule has 2 nitrogen and oxygen atoms in total. The highest BCUT2D eigenvalue weighted by Gasteiger charge is 2.26. The van der Waals surface area contributed by atoms with Gasteiger partial charge in [-0.25, -0.2) is 0 Å². The normalized spacial score (nSPS) is 11.5. The maximum Gasteiger partial charge on any atom is 0.136 e. The molecule has 0 radical (unpaired) electrons. The van der Waals surface area contributed by atoms with E-state index in [9.17, 15) is 0 Å². The fourth-order valence-corrected chi connectivity index (χ4v) is 6.99. The Labute approximate surface area is 280 Å². The molecule has 9 rings (SSSR count). The van der Waals surface area contributed by atoms with Gasteiger partial charge in [-0.05, 0) is 87.5 Å². The van der Waals surface area contributed by atoms with E-state index in [2.05, 4.69) is 187 Å². The Bertz CT molecular complexity index is 2300. The standard InChI is InChI=1S/C46H31NO/c1-4-12-32(13-5-1)34-20-24-37(25-21-34)47(38-26-22-35(23-27-38)33-14-6-2-7-15-33)42-30-28-41-40-18-10-11-19-43(40)48-44-31-29-39(45(42)46(41)44)36-16-8-3-9-17-36/h1-31H. The van der Waals surface area contributed by atoms with E-state index in [1.54, 1.807) is 0 Å². The maximum atomic E-state index is 6.60. The number of fused-ring (bicyclic) bond motifs is 2. The van der Waals surface area contributed by atoms with Gasteiger partial charge in [-0.2, -0.15) is 0 Å². The van der Waals surface area contributed by atoms with Crippen molar-refractivity contribution >= 4 is 27.8 Å². The number of hydrogen-bond acceptors (Lipinski definition) is 2. The summed E-state index contributed by atoms with van der Waals surface area (Å²) >= 11 is 0. The van der Waals surface area contributed by atoms with Crippen molar-refractivity contribution in [2.24, 2.45) is 0 Å². The van der Waals surface area contributed by atoms with Gasteiger partial charge >= 0.3 is 0 Å². The Hall–Kier alpha value is -6.38. The van der Waals surface area contributed by atoms with Gasteiger partial charge in [-0.15, -0.1) is 0 Å². The van der Waals surface area contributed by atoms with Gasteiger partial charge in [0.05, 0.1) is 5.69 Å². The lowest BCUT2D eigenvalue weighted by molar-refractivity contribution is 0.487. The van der Waals surface area contributed by atoms with Crippen molar-refractivity contribution in [2.45, 2.75) is 0 Å². The van der Waals surface area contributed by atoms with E-state index in [1.165, 1.54) is 38.9 Å². The van der Waals surface area contributed by atoms with Crippen LogP contribution < -0.4 is 9.64 Å². The zero-order chi connectivity index (χ0) is 31.9. The molecule has 1 aliphatic heterocycles. The number of para-hydroxylation sites is 1. The van der Waals surface area contributed by atoms with Gasteiger partial charge in [0.25, 0.3) is 0 Å². The number of hydrogen-bond donors (Lipinski definition) is 0. The summed E-state index contributed by atoms with van der Waals surface area (Å²) in [6, 6.07) is 66.8. The number of rotatable bonds is 6. The van der Waals surface area contributed by atoms with Crippen molar-refractivity contribution in [2.75, 3.05) is 4.90 Å². The number of anilines is 3. The molecule has 0 bridgehead atoms. The van der Waals surface area contributed by atoms with E-state index in [0.717, 1.165) is 44.9 Å². The highest BCUT2D eigenvalue weighted by Crippen LogP contribution is 2.53. The second-order valence-corrected chi connectivity index (χ2v) is 12.1. The molecular weight excluding hydrogens is 583 g/mol. The molecular formula is C46H31NO. The molecule has 48 heavy (non-hydrogen) atoms. The van der Waals surface area contributed by atoms with Crippen LogP contribution in [0.2, 0.25) is 0 Å². The summed E-state index contributed by atoms with van der Waals surface area (Å²) in [7, 11) is 0. The van der Waals surface area contributed by atoms with Crippen LogP contribution in [-0.4, -0.2) is 0 Å². The predicted octanol–water partition coefficient (Wildman–Crippen LogP) is 13.1. The van der Waals surface area contributed by atoms with Crippen molar-refractivity contribution in [3.05, 3.63) is 188 Å². The summed E-state index contributed by atoms with van der Waals surface area (Å²) in [6.07, 6.45) is 0. The average molecular weight is 614 g/mol. The van der Waals surface area contributed by atoms with Crippen LogP contribution in [0.15, 0.2) is 188 Å². The zero-order valence-corrected chi connectivity index (χ0v) is 26.3. The van der Waals surface area contributed by atoms with E-state index in [4.69, 9.17) is 4.74 Å². The number of ether oxygens (including phenoxy) is 1. The molecule has 0 aliphatic carbocycles. The van der Waals surface area contributed by atoms with E-state index >= 15 is 0 Å². The second-order valence-electron chi connectivity index (χ2n) is 12.1. The van der Waals surface area contributed by atoms with Crippen LogP contribution in [0.4, 0.5) is 17.1 Å². The Morgan fingerprint density at radius 2 is 0.771 bits per heavy atom. The molecule has 0 aromatic heterocycles. The van der Waals surface area contributed by atoms with E-state index in [0.29, 0.717) is 0 Å². The summed E-state index contributed by atoms with van der Waals surface area (Å²) < 4.78 is 6.60. The molecule has 0 fully saturated rings. The average Bonchev–Trinajstić information content (AvgIpc) is 3.17. The first kappa shape index (κ1) is 27.9. The smallest absolute Gasteiger partial charge is 0.136 e. The van der Waals surface area contributed by atoms with Crippen molar-refractivity contribution < 1.29 is 4.74 Å². The second kappa shape index (κ2) is 11.8. The largest absolute Gasteiger partial charge is 0.456 e. The molecule has 0 N–H and O–H groups in total. The topological polar surface area (TPSA) is 12.5 Å². The van der Waals surface area contributed by atoms with Crippen LogP contribution in [0.5, 0.6) is 11.5 Å². The molecule has 2 heteroatoms.